The third-order valence-corrected chi connectivity index (χ3v) is 5.41. The van der Waals surface area contributed by atoms with E-state index in [2.05, 4.69) is 10.3 Å². The Morgan fingerprint density at radius 2 is 1.84 bits per heavy atom. The van der Waals surface area contributed by atoms with E-state index in [9.17, 15) is 9.59 Å². The molecule has 0 unspecified atom stereocenters. The van der Waals surface area contributed by atoms with Crippen molar-refractivity contribution in [1.29, 1.82) is 0 Å². The van der Waals surface area contributed by atoms with Crippen LogP contribution in [0.5, 0.6) is 0 Å². The smallest absolute Gasteiger partial charge is 0.255 e. The van der Waals surface area contributed by atoms with E-state index < -0.39 is 0 Å². The Morgan fingerprint density at radius 1 is 1.10 bits per heavy atom. The lowest BCUT2D eigenvalue weighted by molar-refractivity contribution is 0.0302. The number of nitrogens with one attached hydrogen (secondary N) is 1. The van der Waals surface area contributed by atoms with E-state index in [0.29, 0.717) is 55.8 Å². The molecule has 31 heavy (non-hydrogen) atoms. The first-order chi connectivity index (χ1) is 15.1. The molecule has 160 valence electrons. The van der Waals surface area contributed by atoms with Gasteiger partial charge in [0.2, 0.25) is 0 Å². The molecule has 0 saturated carbocycles. The molecule has 0 bridgehead atoms. The minimum Gasteiger partial charge on any atom is -0.378 e. The van der Waals surface area contributed by atoms with Gasteiger partial charge in [0.05, 0.1) is 30.3 Å². The topological polar surface area (TPSA) is 76.5 Å². The molecule has 8 heteroatoms. The molecular formula is C23H23ClN4O3. The van der Waals surface area contributed by atoms with Gasteiger partial charge >= 0.3 is 0 Å². The number of rotatable bonds is 6. The summed E-state index contributed by atoms with van der Waals surface area (Å²) < 4.78 is 6.95. The zero-order valence-corrected chi connectivity index (χ0v) is 17.7. The lowest BCUT2D eigenvalue weighted by Crippen LogP contribution is -2.40. The average Bonchev–Trinajstić information content (AvgIpc) is 2.81. The number of anilines is 1. The van der Waals surface area contributed by atoms with E-state index >= 15 is 0 Å². The van der Waals surface area contributed by atoms with Gasteiger partial charge in [0, 0.05) is 38.1 Å². The molecule has 2 aromatic heterocycles. The standard InChI is InChI=1S/C23H23ClN4O3/c24-20-13-19(23(30)27-9-11-31-12-10-27)15-26-22(20)25-14-17-4-6-18(7-5-17)16-28-8-2-1-3-21(28)29/h1-8,13,15H,9-12,14,16H2,(H,25,26). The minimum absolute atomic E-state index is 0.0236. The van der Waals surface area contributed by atoms with Crippen molar-refractivity contribution in [3.63, 3.8) is 0 Å². The number of amides is 1. The number of carbonyl (C=O) groups excluding carboxylic acids is 1. The van der Waals surface area contributed by atoms with Gasteiger partial charge in [0.1, 0.15) is 5.82 Å². The predicted molar refractivity (Wildman–Crippen MR) is 120 cm³/mol. The van der Waals surface area contributed by atoms with Crippen LogP contribution in [0.1, 0.15) is 21.5 Å². The maximum Gasteiger partial charge on any atom is 0.255 e. The van der Waals surface area contributed by atoms with Crippen LogP contribution in [0.3, 0.4) is 0 Å². The highest BCUT2D eigenvalue weighted by Gasteiger charge is 2.19. The molecule has 0 aliphatic carbocycles. The first-order valence-corrected chi connectivity index (χ1v) is 10.5. The Kier molecular flexibility index (Phi) is 6.64. The molecule has 0 spiro atoms. The average molecular weight is 439 g/mol. The summed E-state index contributed by atoms with van der Waals surface area (Å²) in [6.45, 7) is 3.31. The molecule has 1 aliphatic rings. The van der Waals surface area contributed by atoms with Crippen LogP contribution in [0.25, 0.3) is 0 Å². The van der Waals surface area contributed by atoms with Gasteiger partial charge in [-0.1, -0.05) is 41.9 Å². The van der Waals surface area contributed by atoms with Gasteiger partial charge in [0.15, 0.2) is 0 Å². The van der Waals surface area contributed by atoms with Crippen molar-refractivity contribution in [1.82, 2.24) is 14.5 Å². The van der Waals surface area contributed by atoms with Crippen molar-refractivity contribution in [2.75, 3.05) is 31.6 Å². The molecule has 1 aliphatic heterocycles. The molecule has 3 aromatic rings. The molecule has 4 rings (SSSR count). The third-order valence-electron chi connectivity index (χ3n) is 5.12. The molecule has 1 aromatic carbocycles. The van der Waals surface area contributed by atoms with E-state index in [1.54, 1.807) is 40.1 Å². The minimum atomic E-state index is -0.0858. The van der Waals surface area contributed by atoms with Crippen LogP contribution in [0.4, 0.5) is 5.82 Å². The highest BCUT2D eigenvalue weighted by Crippen LogP contribution is 2.22. The number of ether oxygens (including phenoxy) is 1. The Balaban J connectivity index is 1.36. The van der Waals surface area contributed by atoms with E-state index in [0.717, 1.165) is 11.1 Å². The van der Waals surface area contributed by atoms with Gasteiger partial charge in [-0.05, 0) is 23.3 Å². The number of nitrogens with zero attached hydrogens (tertiary/aromatic N) is 3. The summed E-state index contributed by atoms with van der Waals surface area (Å²) in [6.07, 6.45) is 3.33. The molecule has 7 nitrogen and oxygen atoms in total. The van der Waals surface area contributed by atoms with Crippen molar-refractivity contribution in [3.8, 4) is 0 Å². The van der Waals surface area contributed by atoms with Crippen LogP contribution in [0, 0.1) is 0 Å². The molecule has 1 saturated heterocycles. The fraction of sp³-hybridized carbons (Fsp3) is 0.261. The van der Waals surface area contributed by atoms with Crippen molar-refractivity contribution in [3.05, 3.63) is 93.0 Å². The number of hydrogen-bond acceptors (Lipinski definition) is 5. The summed E-state index contributed by atoms with van der Waals surface area (Å²) in [5.74, 6) is 0.442. The second-order valence-corrected chi connectivity index (χ2v) is 7.70. The van der Waals surface area contributed by atoms with Gasteiger partial charge in [0.25, 0.3) is 11.5 Å². The van der Waals surface area contributed by atoms with E-state index in [1.165, 1.54) is 0 Å². The highest BCUT2D eigenvalue weighted by molar-refractivity contribution is 6.33. The van der Waals surface area contributed by atoms with Crippen LogP contribution >= 0.6 is 11.6 Å². The first-order valence-electron chi connectivity index (χ1n) is 10.1. The summed E-state index contributed by atoms with van der Waals surface area (Å²) >= 11 is 6.36. The molecule has 1 amide bonds. The maximum absolute atomic E-state index is 12.6. The van der Waals surface area contributed by atoms with Crippen molar-refractivity contribution in [2.45, 2.75) is 13.1 Å². The molecule has 1 fully saturated rings. The van der Waals surface area contributed by atoms with E-state index in [1.807, 2.05) is 30.3 Å². The lowest BCUT2D eigenvalue weighted by Gasteiger charge is -2.26. The molecular weight excluding hydrogens is 416 g/mol. The van der Waals surface area contributed by atoms with Crippen molar-refractivity contribution < 1.29 is 9.53 Å². The van der Waals surface area contributed by atoms with Gasteiger partial charge in [-0.3, -0.25) is 9.59 Å². The van der Waals surface area contributed by atoms with Gasteiger partial charge in [-0.2, -0.15) is 0 Å². The summed E-state index contributed by atoms with van der Waals surface area (Å²) in [5.41, 5.74) is 2.54. The summed E-state index contributed by atoms with van der Waals surface area (Å²) in [7, 11) is 0. The maximum atomic E-state index is 12.6. The van der Waals surface area contributed by atoms with E-state index in [4.69, 9.17) is 16.3 Å². The zero-order valence-electron chi connectivity index (χ0n) is 17.0. The van der Waals surface area contributed by atoms with Gasteiger partial charge in [-0.15, -0.1) is 0 Å². The first kappa shape index (κ1) is 21.1. The second-order valence-electron chi connectivity index (χ2n) is 7.30. The Labute approximate surface area is 185 Å². The molecule has 0 radical (unpaired) electrons. The quantitative estimate of drug-likeness (QED) is 0.640. The molecule has 3 heterocycles. The zero-order chi connectivity index (χ0) is 21.6. The Bertz CT molecular complexity index is 1110. The number of morpholine rings is 1. The fourth-order valence-electron chi connectivity index (χ4n) is 3.37. The number of hydrogen-bond donors (Lipinski definition) is 1. The Morgan fingerprint density at radius 3 is 2.55 bits per heavy atom. The number of aromatic nitrogens is 2. The van der Waals surface area contributed by atoms with E-state index in [-0.39, 0.29) is 11.5 Å². The number of pyridine rings is 2. The fourth-order valence-corrected chi connectivity index (χ4v) is 3.60. The number of halogens is 1. The van der Waals surface area contributed by atoms with Crippen LogP contribution in [0.2, 0.25) is 5.02 Å². The summed E-state index contributed by atoms with van der Waals surface area (Å²) in [4.78, 5) is 30.5. The number of carbonyl (C=O) groups is 1. The lowest BCUT2D eigenvalue weighted by atomic mass is 10.1. The SMILES string of the molecule is O=C(c1cnc(NCc2ccc(Cn3ccccc3=O)cc2)c(Cl)c1)N1CCOCC1. The van der Waals surface area contributed by atoms with Gasteiger partial charge < -0.3 is 19.5 Å². The van der Waals surface area contributed by atoms with Crippen LogP contribution < -0.4 is 10.9 Å². The number of benzene rings is 1. The van der Waals surface area contributed by atoms with Crippen molar-refractivity contribution >= 4 is 23.3 Å². The van der Waals surface area contributed by atoms with Crippen LogP contribution in [-0.4, -0.2) is 46.7 Å². The van der Waals surface area contributed by atoms with Gasteiger partial charge in [-0.25, -0.2) is 4.98 Å². The summed E-state index contributed by atoms with van der Waals surface area (Å²) in [6, 6.07) is 14.8. The normalized spacial score (nSPS) is 13.8. The largest absolute Gasteiger partial charge is 0.378 e. The van der Waals surface area contributed by atoms with Crippen molar-refractivity contribution in [2.24, 2.45) is 0 Å². The second kappa shape index (κ2) is 9.76. The Hall–Kier alpha value is -3.16. The predicted octanol–water partition coefficient (Wildman–Crippen LogP) is 3.03. The van der Waals surface area contributed by atoms with Crippen LogP contribution in [-0.2, 0) is 17.8 Å². The highest BCUT2D eigenvalue weighted by atomic mass is 35.5. The third kappa shape index (κ3) is 5.31. The summed E-state index contributed by atoms with van der Waals surface area (Å²) in [5, 5.41) is 3.61. The monoisotopic (exact) mass is 438 g/mol. The van der Waals surface area contributed by atoms with Crippen LogP contribution in [0.15, 0.2) is 65.7 Å². The molecule has 1 N–H and O–H groups in total. The molecule has 0 atom stereocenters.